The summed E-state index contributed by atoms with van der Waals surface area (Å²) in [6.07, 6.45) is 1.21. The van der Waals surface area contributed by atoms with Crippen LogP contribution in [0, 0.1) is 0 Å². The smallest absolute Gasteiger partial charge is 0.162 e. The van der Waals surface area contributed by atoms with E-state index in [4.69, 9.17) is 9.47 Å². The lowest BCUT2D eigenvalue weighted by molar-refractivity contribution is 0.0779. The van der Waals surface area contributed by atoms with E-state index in [0.717, 1.165) is 25.1 Å². The molecule has 1 fully saturated rings. The second-order valence-corrected chi connectivity index (χ2v) is 5.72. The van der Waals surface area contributed by atoms with E-state index in [9.17, 15) is 5.11 Å². The maximum atomic E-state index is 10.1. The molecule has 1 aliphatic heterocycles. The van der Waals surface area contributed by atoms with E-state index in [1.54, 1.807) is 21.0 Å². The maximum absolute atomic E-state index is 10.1. The molecule has 4 nitrogen and oxygen atoms in total. The van der Waals surface area contributed by atoms with Gasteiger partial charge in [-0.1, -0.05) is 6.07 Å². The minimum absolute atomic E-state index is 0.191. The molecule has 1 atom stereocenters. The van der Waals surface area contributed by atoms with E-state index in [0.29, 0.717) is 11.5 Å². The summed E-state index contributed by atoms with van der Waals surface area (Å²) in [6.45, 7) is 5.51. The third-order valence-electron chi connectivity index (χ3n) is 3.51. The first-order valence-electron chi connectivity index (χ1n) is 6.66. The molecule has 19 heavy (non-hydrogen) atoms. The summed E-state index contributed by atoms with van der Waals surface area (Å²) in [4.78, 5) is 2.25. The van der Waals surface area contributed by atoms with Gasteiger partial charge < -0.3 is 19.5 Å². The van der Waals surface area contributed by atoms with Crippen molar-refractivity contribution in [3.63, 3.8) is 0 Å². The zero-order valence-corrected chi connectivity index (χ0v) is 12.1. The number of likely N-dealkylation sites (tertiary alicyclic amines) is 1. The van der Waals surface area contributed by atoms with Gasteiger partial charge in [0.1, 0.15) is 6.10 Å². The molecular formula is C15H23NO3. The Morgan fingerprint density at radius 1 is 1.32 bits per heavy atom. The summed E-state index contributed by atoms with van der Waals surface area (Å²) >= 11 is 0. The summed E-state index contributed by atoms with van der Waals surface area (Å²) in [5.74, 6) is 1.42. The minimum Gasteiger partial charge on any atom is -0.493 e. The zero-order valence-electron chi connectivity index (χ0n) is 12.1. The maximum Gasteiger partial charge on any atom is 0.162 e. The molecule has 1 N–H and O–H groups in total. The van der Waals surface area contributed by atoms with E-state index < -0.39 is 5.60 Å². The number of hydrogen-bond donors (Lipinski definition) is 1. The van der Waals surface area contributed by atoms with Crippen LogP contribution in [-0.2, 0) is 5.60 Å². The highest BCUT2D eigenvalue weighted by Crippen LogP contribution is 2.33. The molecule has 0 saturated carbocycles. The van der Waals surface area contributed by atoms with Gasteiger partial charge in [0.25, 0.3) is 0 Å². The van der Waals surface area contributed by atoms with Crippen molar-refractivity contribution in [3.8, 4) is 11.5 Å². The van der Waals surface area contributed by atoms with E-state index in [-0.39, 0.29) is 6.10 Å². The average molecular weight is 265 g/mol. The second-order valence-electron chi connectivity index (χ2n) is 5.72. The van der Waals surface area contributed by atoms with Crippen LogP contribution in [0.4, 0.5) is 0 Å². The molecule has 1 unspecified atom stereocenters. The van der Waals surface area contributed by atoms with E-state index in [1.807, 2.05) is 18.2 Å². The Labute approximate surface area is 114 Å². The zero-order chi connectivity index (χ0) is 14.0. The Morgan fingerprint density at radius 3 is 2.58 bits per heavy atom. The van der Waals surface area contributed by atoms with Crippen LogP contribution in [-0.4, -0.2) is 43.4 Å². The first-order valence-corrected chi connectivity index (χ1v) is 6.66. The van der Waals surface area contributed by atoms with Crippen LogP contribution in [0.15, 0.2) is 18.2 Å². The van der Waals surface area contributed by atoms with Crippen LogP contribution in [0.3, 0.4) is 0 Å². The third-order valence-corrected chi connectivity index (χ3v) is 3.51. The Hall–Kier alpha value is -1.26. The molecule has 2 rings (SSSR count). The summed E-state index contributed by atoms with van der Waals surface area (Å²) in [6, 6.07) is 5.59. The predicted octanol–water partition coefficient (Wildman–Crippen LogP) is 2.01. The fourth-order valence-corrected chi connectivity index (χ4v) is 2.32. The van der Waals surface area contributed by atoms with Crippen molar-refractivity contribution in [2.24, 2.45) is 0 Å². The Morgan fingerprint density at radius 2 is 2.05 bits per heavy atom. The molecule has 1 aromatic rings. The van der Waals surface area contributed by atoms with Crippen LogP contribution < -0.4 is 9.47 Å². The molecule has 4 heteroatoms. The second kappa shape index (κ2) is 5.39. The number of likely N-dealkylation sites (N-methyl/N-ethyl adjacent to an activating group) is 1. The van der Waals surface area contributed by atoms with Crippen molar-refractivity contribution in [2.45, 2.75) is 32.0 Å². The molecular weight excluding hydrogens is 242 g/mol. The van der Waals surface area contributed by atoms with E-state index >= 15 is 0 Å². The Balaban J connectivity index is 2.21. The molecule has 0 aliphatic carbocycles. The summed E-state index contributed by atoms with van der Waals surface area (Å²) in [5.41, 5.74) is -0.0497. The molecule has 106 valence electrons. The first kappa shape index (κ1) is 14.2. The Kier molecular flexibility index (Phi) is 4.02. The molecule has 1 aliphatic rings. The molecule has 0 radical (unpaired) electrons. The normalized spacial score (nSPS) is 20.6. The number of rotatable bonds is 4. The number of ether oxygens (including phenoxy) is 2. The summed E-state index contributed by atoms with van der Waals surface area (Å²) in [7, 11) is 3.72. The van der Waals surface area contributed by atoms with Gasteiger partial charge in [-0.3, -0.25) is 0 Å². The monoisotopic (exact) mass is 265 g/mol. The predicted molar refractivity (Wildman–Crippen MR) is 74.8 cm³/mol. The molecule has 0 spiro atoms. The van der Waals surface area contributed by atoms with Gasteiger partial charge in [0.05, 0.1) is 12.7 Å². The van der Waals surface area contributed by atoms with Crippen molar-refractivity contribution in [3.05, 3.63) is 23.8 Å². The summed E-state index contributed by atoms with van der Waals surface area (Å²) in [5, 5.41) is 10.1. The fraction of sp³-hybridized carbons (Fsp3) is 0.600. The molecule has 1 saturated heterocycles. The van der Waals surface area contributed by atoms with Gasteiger partial charge in [0.15, 0.2) is 11.5 Å². The van der Waals surface area contributed by atoms with Crippen LogP contribution in [0.2, 0.25) is 0 Å². The molecule has 1 heterocycles. The highest BCUT2D eigenvalue weighted by atomic mass is 16.5. The standard InChI is InChI=1S/C15H23NO3/c1-15(2,17)11-5-6-13(18-4)14(9-11)19-12-7-8-16(3)10-12/h5-6,9,12,17H,7-8,10H2,1-4H3. The summed E-state index contributed by atoms with van der Waals surface area (Å²) < 4.78 is 11.4. The number of aliphatic hydroxyl groups is 1. The van der Waals surface area contributed by atoms with E-state index in [1.165, 1.54) is 0 Å². The largest absolute Gasteiger partial charge is 0.493 e. The quantitative estimate of drug-likeness (QED) is 0.904. The number of hydrogen-bond acceptors (Lipinski definition) is 4. The highest BCUT2D eigenvalue weighted by molar-refractivity contribution is 5.44. The lowest BCUT2D eigenvalue weighted by Gasteiger charge is -2.21. The van der Waals surface area contributed by atoms with Crippen LogP contribution in [0.5, 0.6) is 11.5 Å². The van der Waals surface area contributed by atoms with Crippen molar-refractivity contribution in [1.82, 2.24) is 4.90 Å². The van der Waals surface area contributed by atoms with Crippen LogP contribution in [0.25, 0.3) is 0 Å². The SMILES string of the molecule is COc1ccc(C(C)(C)O)cc1OC1CCN(C)C1. The molecule has 1 aromatic carbocycles. The molecule has 0 amide bonds. The number of nitrogens with zero attached hydrogens (tertiary/aromatic N) is 1. The van der Waals surface area contributed by atoms with Crippen molar-refractivity contribution < 1.29 is 14.6 Å². The highest BCUT2D eigenvalue weighted by Gasteiger charge is 2.24. The van der Waals surface area contributed by atoms with Crippen LogP contribution in [0.1, 0.15) is 25.8 Å². The van der Waals surface area contributed by atoms with Gasteiger partial charge in [-0.25, -0.2) is 0 Å². The number of benzene rings is 1. The lowest BCUT2D eigenvalue weighted by Crippen LogP contribution is -2.22. The average Bonchev–Trinajstić information content (AvgIpc) is 2.73. The van der Waals surface area contributed by atoms with Crippen LogP contribution >= 0.6 is 0 Å². The van der Waals surface area contributed by atoms with Gasteiger partial charge in [0.2, 0.25) is 0 Å². The Bertz CT molecular complexity index is 440. The van der Waals surface area contributed by atoms with Gasteiger partial charge >= 0.3 is 0 Å². The lowest BCUT2D eigenvalue weighted by atomic mass is 9.98. The minimum atomic E-state index is -0.878. The van der Waals surface area contributed by atoms with Crippen molar-refractivity contribution >= 4 is 0 Å². The molecule has 0 bridgehead atoms. The van der Waals surface area contributed by atoms with Gasteiger partial charge in [-0.2, -0.15) is 0 Å². The topological polar surface area (TPSA) is 41.9 Å². The van der Waals surface area contributed by atoms with Gasteiger partial charge in [-0.05, 0) is 45.0 Å². The number of methoxy groups -OCH3 is 1. The first-order chi connectivity index (χ1) is 8.90. The van der Waals surface area contributed by atoms with E-state index in [2.05, 4.69) is 11.9 Å². The van der Waals surface area contributed by atoms with Crippen molar-refractivity contribution in [2.75, 3.05) is 27.2 Å². The van der Waals surface area contributed by atoms with Crippen molar-refractivity contribution in [1.29, 1.82) is 0 Å². The van der Waals surface area contributed by atoms with Gasteiger partial charge in [0, 0.05) is 13.1 Å². The third kappa shape index (κ3) is 3.39. The fourth-order valence-electron chi connectivity index (χ4n) is 2.32. The molecule has 0 aromatic heterocycles. The van der Waals surface area contributed by atoms with Gasteiger partial charge in [-0.15, -0.1) is 0 Å².